The highest BCUT2D eigenvalue weighted by Gasteiger charge is 2.13. The second kappa shape index (κ2) is 7.01. The number of carbonyl (C=O) groups is 1. The van der Waals surface area contributed by atoms with Crippen molar-refractivity contribution in [2.45, 2.75) is 17.9 Å². The van der Waals surface area contributed by atoms with Crippen LogP contribution in [0.3, 0.4) is 0 Å². The molecule has 0 saturated carbocycles. The van der Waals surface area contributed by atoms with Crippen molar-refractivity contribution in [3.05, 3.63) is 60.2 Å². The zero-order chi connectivity index (χ0) is 14.4. The minimum atomic E-state index is -0.155. The summed E-state index contributed by atoms with van der Waals surface area (Å²) in [5.74, 6) is 0.888. The van der Waals surface area contributed by atoms with Crippen LogP contribution < -0.4 is 5.32 Å². The van der Waals surface area contributed by atoms with Crippen molar-refractivity contribution >= 4 is 23.4 Å². The molecule has 0 fully saturated rings. The van der Waals surface area contributed by atoms with E-state index in [0.717, 1.165) is 5.75 Å². The van der Waals surface area contributed by atoms with Gasteiger partial charge in [0.05, 0.1) is 5.25 Å². The molecule has 0 aromatic heterocycles. The quantitative estimate of drug-likeness (QED) is 0.882. The Morgan fingerprint density at radius 2 is 1.95 bits per heavy atom. The van der Waals surface area contributed by atoms with Crippen LogP contribution in [-0.4, -0.2) is 16.3 Å². The molecule has 0 saturated heterocycles. The van der Waals surface area contributed by atoms with Crippen molar-refractivity contribution in [2.75, 3.05) is 5.32 Å². The van der Waals surface area contributed by atoms with Crippen molar-refractivity contribution in [1.82, 2.24) is 0 Å². The number of nitrogens with one attached hydrogen (secondary N) is 1. The molecule has 104 valence electrons. The Kier molecular flexibility index (Phi) is 5.07. The number of benzene rings is 2. The lowest BCUT2D eigenvalue weighted by Gasteiger charge is -2.12. The standard InChI is InChI=1S/C16H17NO2S/c1-12(20-11-13-6-3-2-4-7-13)16(19)17-14-8-5-9-15(18)10-14/h2-10,12,18H,11H2,1H3,(H,17,19). The molecule has 0 bridgehead atoms. The summed E-state index contributed by atoms with van der Waals surface area (Å²) in [6, 6.07) is 16.6. The van der Waals surface area contributed by atoms with Gasteiger partial charge in [0.1, 0.15) is 5.75 Å². The van der Waals surface area contributed by atoms with E-state index in [1.165, 1.54) is 11.6 Å². The van der Waals surface area contributed by atoms with Gasteiger partial charge in [-0.2, -0.15) is 0 Å². The molecular formula is C16H17NO2S. The van der Waals surface area contributed by atoms with Gasteiger partial charge in [0.2, 0.25) is 5.91 Å². The fraction of sp³-hybridized carbons (Fsp3) is 0.188. The number of aromatic hydroxyl groups is 1. The van der Waals surface area contributed by atoms with Crippen LogP contribution in [0.1, 0.15) is 12.5 Å². The van der Waals surface area contributed by atoms with Gasteiger partial charge in [-0.3, -0.25) is 4.79 Å². The first-order valence-corrected chi connectivity index (χ1v) is 7.45. The van der Waals surface area contributed by atoms with Gasteiger partial charge in [-0.05, 0) is 24.6 Å². The molecule has 1 atom stereocenters. The number of hydrogen-bond acceptors (Lipinski definition) is 3. The molecule has 20 heavy (non-hydrogen) atoms. The first kappa shape index (κ1) is 14.5. The molecule has 0 heterocycles. The molecular weight excluding hydrogens is 270 g/mol. The summed E-state index contributed by atoms with van der Waals surface area (Å²) in [7, 11) is 0. The first-order chi connectivity index (χ1) is 9.65. The van der Waals surface area contributed by atoms with E-state index < -0.39 is 0 Å². The molecule has 0 aliphatic heterocycles. The number of thioether (sulfide) groups is 1. The Bertz CT molecular complexity index is 572. The average Bonchev–Trinajstić information content (AvgIpc) is 2.46. The largest absolute Gasteiger partial charge is 0.508 e. The van der Waals surface area contributed by atoms with Crippen LogP contribution in [0, 0.1) is 0 Å². The predicted molar refractivity (Wildman–Crippen MR) is 83.9 cm³/mol. The molecule has 0 aliphatic rings. The fourth-order valence-corrected chi connectivity index (χ4v) is 2.54. The predicted octanol–water partition coefficient (Wildman–Crippen LogP) is 3.65. The molecule has 0 radical (unpaired) electrons. The molecule has 4 heteroatoms. The highest BCUT2D eigenvalue weighted by atomic mass is 32.2. The zero-order valence-electron chi connectivity index (χ0n) is 11.2. The summed E-state index contributed by atoms with van der Waals surface area (Å²) < 4.78 is 0. The van der Waals surface area contributed by atoms with Crippen LogP contribution in [0.25, 0.3) is 0 Å². The number of phenolic OH excluding ortho intramolecular Hbond substituents is 1. The van der Waals surface area contributed by atoms with Crippen molar-refractivity contribution in [1.29, 1.82) is 0 Å². The zero-order valence-corrected chi connectivity index (χ0v) is 12.1. The smallest absolute Gasteiger partial charge is 0.237 e. The third-order valence-electron chi connectivity index (χ3n) is 2.83. The molecule has 0 aliphatic carbocycles. The lowest BCUT2D eigenvalue weighted by atomic mass is 10.2. The second-order valence-corrected chi connectivity index (χ2v) is 5.81. The maximum atomic E-state index is 12.0. The lowest BCUT2D eigenvalue weighted by molar-refractivity contribution is -0.115. The number of anilines is 1. The van der Waals surface area contributed by atoms with E-state index in [-0.39, 0.29) is 16.9 Å². The molecule has 0 spiro atoms. The highest BCUT2D eigenvalue weighted by Crippen LogP contribution is 2.20. The number of phenols is 1. The van der Waals surface area contributed by atoms with E-state index in [2.05, 4.69) is 5.32 Å². The monoisotopic (exact) mass is 287 g/mol. The van der Waals surface area contributed by atoms with Crippen LogP contribution in [-0.2, 0) is 10.5 Å². The molecule has 2 aromatic carbocycles. The summed E-state index contributed by atoms with van der Waals surface area (Å²) in [5.41, 5.74) is 1.82. The van der Waals surface area contributed by atoms with Crippen molar-refractivity contribution in [2.24, 2.45) is 0 Å². The Hall–Kier alpha value is -1.94. The topological polar surface area (TPSA) is 49.3 Å². The average molecular weight is 287 g/mol. The van der Waals surface area contributed by atoms with Crippen LogP contribution in [0.2, 0.25) is 0 Å². The van der Waals surface area contributed by atoms with E-state index in [4.69, 9.17) is 0 Å². The van der Waals surface area contributed by atoms with E-state index >= 15 is 0 Å². The van der Waals surface area contributed by atoms with Crippen LogP contribution >= 0.6 is 11.8 Å². The van der Waals surface area contributed by atoms with Gasteiger partial charge in [-0.25, -0.2) is 0 Å². The summed E-state index contributed by atoms with van der Waals surface area (Å²) in [5, 5.41) is 12.0. The lowest BCUT2D eigenvalue weighted by Crippen LogP contribution is -2.22. The maximum Gasteiger partial charge on any atom is 0.237 e. The van der Waals surface area contributed by atoms with Crippen molar-refractivity contribution in [3.63, 3.8) is 0 Å². The van der Waals surface area contributed by atoms with E-state index in [1.807, 2.05) is 37.3 Å². The first-order valence-electron chi connectivity index (χ1n) is 6.40. The van der Waals surface area contributed by atoms with Gasteiger partial charge in [0.25, 0.3) is 0 Å². The fourth-order valence-electron chi connectivity index (χ4n) is 1.70. The SMILES string of the molecule is CC(SCc1ccccc1)C(=O)Nc1cccc(O)c1. The summed E-state index contributed by atoms with van der Waals surface area (Å²) in [6.07, 6.45) is 0. The highest BCUT2D eigenvalue weighted by molar-refractivity contribution is 7.99. The normalized spacial score (nSPS) is 11.8. The van der Waals surface area contributed by atoms with Gasteiger partial charge in [-0.15, -0.1) is 11.8 Å². The Morgan fingerprint density at radius 1 is 1.20 bits per heavy atom. The number of carbonyl (C=O) groups excluding carboxylic acids is 1. The molecule has 1 amide bonds. The van der Waals surface area contributed by atoms with Crippen LogP contribution in [0.4, 0.5) is 5.69 Å². The summed E-state index contributed by atoms with van der Waals surface area (Å²) >= 11 is 1.59. The molecule has 1 unspecified atom stereocenters. The molecule has 2 rings (SSSR count). The third kappa shape index (κ3) is 4.31. The van der Waals surface area contributed by atoms with E-state index in [0.29, 0.717) is 5.69 Å². The van der Waals surface area contributed by atoms with E-state index in [9.17, 15) is 9.90 Å². The maximum absolute atomic E-state index is 12.0. The number of amides is 1. The minimum Gasteiger partial charge on any atom is -0.508 e. The van der Waals surface area contributed by atoms with Crippen molar-refractivity contribution in [3.8, 4) is 5.75 Å². The van der Waals surface area contributed by atoms with Gasteiger partial charge in [0.15, 0.2) is 0 Å². The number of rotatable bonds is 5. The Morgan fingerprint density at radius 3 is 2.65 bits per heavy atom. The third-order valence-corrected chi connectivity index (χ3v) is 4.04. The molecule has 2 N–H and O–H groups in total. The molecule has 2 aromatic rings. The van der Waals surface area contributed by atoms with Crippen LogP contribution in [0.5, 0.6) is 5.75 Å². The van der Waals surface area contributed by atoms with E-state index in [1.54, 1.807) is 30.0 Å². The number of hydrogen-bond donors (Lipinski definition) is 2. The summed E-state index contributed by atoms with van der Waals surface area (Å²) in [4.78, 5) is 12.0. The summed E-state index contributed by atoms with van der Waals surface area (Å²) in [6.45, 7) is 1.88. The van der Waals surface area contributed by atoms with Gasteiger partial charge in [0, 0.05) is 17.5 Å². The molecule has 3 nitrogen and oxygen atoms in total. The van der Waals surface area contributed by atoms with Crippen LogP contribution in [0.15, 0.2) is 54.6 Å². The second-order valence-electron chi connectivity index (χ2n) is 4.48. The Labute approximate surface area is 123 Å². The van der Waals surface area contributed by atoms with Gasteiger partial charge in [-0.1, -0.05) is 36.4 Å². The van der Waals surface area contributed by atoms with Crippen molar-refractivity contribution < 1.29 is 9.90 Å². The Balaban J connectivity index is 1.86. The minimum absolute atomic E-state index is 0.0588. The van der Waals surface area contributed by atoms with Gasteiger partial charge < -0.3 is 10.4 Å². The van der Waals surface area contributed by atoms with Gasteiger partial charge >= 0.3 is 0 Å².